The largest absolute Gasteiger partial charge is 0.426 e. The minimum atomic E-state index is -0.851. The molecule has 0 radical (unpaired) electrons. The minimum Gasteiger partial charge on any atom is -0.426 e. The van der Waals surface area contributed by atoms with Crippen LogP contribution in [-0.4, -0.2) is 12.6 Å². The summed E-state index contributed by atoms with van der Waals surface area (Å²) in [4.78, 5) is 12.2. The fraction of sp³-hybridized carbons (Fsp3) is 0.174. The predicted octanol–water partition coefficient (Wildman–Crippen LogP) is 4.49. The normalized spacial score (nSPS) is 10.7. The maximum atomic E-state index is 12.3. The third kappa shape index (κ3) is 5.24. The number of ether oxygens (including phenoxy) is 1. The van der Waals surface area contributed by atoms with Crippen molar-refractivity contribution in [1.82, 2.24) is 0 Å². The highest BCUT2D eigenvalue weighted by Crippen LogP contribution is 2.36. The van der Waals surface area contributed by atoms with E-state index >= 15 is 0 Å². The van der Waals surface area contributed by atoms with E-state index < -0.39 is 14.6 Å². The molecule has 27 heavy (non-hydrogen) atoms. The van der Waals surface area contributed by atoms with Gasteiger partial charge in [0, 0.05) is 11.7 Å². The molecule has 4 heteroatoms. The van der Waals surface area contributed by atoms with Crippen LogP contribution in [0.25, 0.3) is 0 Å². The lowest BCUT2D eigenvalue weighted by Gasteiger charge is -2.21. The lowest BCUT2D eigenvalue weighted by Crippen LogP contribution is -2.23. The Kier molecular flexibility index (Phi) is 7.12. The van der Waals surface area contributed by atoms with Crippen molar-refractivity contribution >= 4 is 29.8 Å². The first-order valence-electron chi connectivity index (χ1n) is 9.05. The van der Waals surface area contributed by atoms with E-state index in [1.807, 2.05) is 60.7 Å². The molecular weight excluding hydrogens is 358 g/mol. The molecule has 2 nitrogen and oxygen atoms in total. The van der Waals surface area contributed by atoms with Crippen molar-refractivity contribution in [2.45, 2.75) is 19.3 Å². The number of alkyl halides is 1. The van der Waals surface area contributed by atoms with Gasteiger partial charge >= 0.3 is 5.97 Å². The van der Waals surface area contributed by atoms with Crippen molar-refractivity contribution < 1.29 is 13.9 Å². The van der Waals surface area contributed by atoms with Gasteiger partial charge in [-0.15, -0.1) is 0 Å². The fourth-order valence-electron chi connectivity index (χ4n) is 2.85. The highest BCUT2D eigenvalue weighted by atomic mass is 31.1. The number of carbonyl (C=O) groups is 1. The molecule has 0 aliphatic heterocycles. The van der Waals surface area contributed by atoms with E-state index in [1.54, 1.807) is 0 Å². The maximum Gasteiger partial charge on any atom is 0.311 e. The van der Waals surface area contributed by atoms with E-state index in [2.05, 4.69) is 24.3 Å². The highest BCUT2D eigenvalue weighted by Gasteiger charge is 2.21. The van der Waals surface area contributed by atoms with Crippen LogP contribution in [0.1, 0.15) is 19.3 Å². The van der Waals surface area contributed by atoms with E-state index in [0.29, 0.717) is 18.6 Å². The van der Waals surface area contributed by atoms with E-state index in [1.165, 1.54) is 10.6 Å². The topological polar surface area (TPSA) is 26.3 Å². The molecule has 0 atom stereocenters. The SMILES string of the molecule is O=C(CCCCF)Oc1ccccc1P(c1ccccc1)c1ccccc1. The molecule has 0 bridgehead atoms. The Hall–Kier alpha value is -2.51. The molecule has 3 rings (SSSR count). The third-order valence-electron chi connectivity index (χ3n) is 4.12. The summed E-state index contributed by atoms with van der Waals surface area (Å²) in [5.41, 5.74) is 0. The number of esters is 1. The average molecular weight is 380 g/mol. The summed E-state index contributed by atoms with van der Waals surface area (Å²) in [6.45, 7) is -0.406. The Morgan fingerprint density at radius 3 is 1.93 bits per heavy atom. The van der Waals surface area contributed by atoms with Gasteiger partial charge in [-0.1, -0.05) is 78.9 Å². The van der Waals surface area contributed by atoms with Gasteiger partial charge in [-0.3, -0.25) is 9.18 Å². The summed E-state index contributed by atoms with van der Waals surface area (Å²) in [7, 11) is -0.851. The zero-order valence-corrected chi connectivity index (χ0v) is 15.9. The van der Waals surface area contributed by atoms with Gasteiger partial charge in [0.15, 0.2) is 0 Å². The number of unbranched alkanes of at least 4 members (excludes halogenated alkanes) is 1. The van der Waals surface area contributed by atoms with Crippen LogP contribution in [0.3, 0.4) is 0 Å². The first-order chi connectivity index (χ1) is 13.3. The second-order valence-corrected chi connectivity index (χ2v) is 8.28. The van der Waals surface area contributed by atoms with Crippen molar-refractivity contribution in [2.75, 3.05) is 6.67 Å². The summed E-state index contributed by atoms with van der Waals surface area (Å²) in [5, 5.41) is 3.39. The van der Waals surface area contributed by atoms with E-state index in [-0.39, 0.29) is 12.4 Å². The molecule has 0 amide bonds. The number of hydrogen-bond acceptors (Lipinski definition) is 2. The van der Waals surface area contributed by atoms with Crippen molar-refractivity contribution in [2.24, 2.45) is 0 Å². The van der Waals surface area contributed by atoms with E-state index in [9.17, 15) is 9.18 Å². The molecule has 0 unspecified atom stereocenters. The van der Waals surface area contributed by atoms with Crippen molar-refractivity contribution in [3.63, 3.8) is 0 Å². The Bertz CT molecular complexity index is 813. The van der Waals surface area contributed by atoms with Gasteiger partial charge in [0.25, 0.3) is 0 Å². The van der Waals surface area contributed by atoms with Crippen molar-refractivity contribution in [3.8, 4) is 5.75 Å². The van der Waals surface area contributed by atoms with Gasteiger partial charge in [-0.25, -0.2) is 0 Å². The fourth-order valence-corrected chi connectivity index (χ4v) is 5.22. The number of benzene rings is 3. The molecule has 0 aliphatic carbocycles. The second kappa shape index (κ2) is 9.99. The lowest BCUT2D eigenvalue weighted by molar-refractivity contribution is -0.134. The maximum absolute atomic E-state index is 12.3. The number of para-hydroxylation sites is 1. The Morgan fingerprint density at radius 2 is 1.33 bits per heavy atom. The van der Waals surface area contributed by atoms with Gasteiger partial charge in [0.2, 0.25) is 0 Å². The zero-order chi connectivity index (χ0) is 18.9. The molecule has 0 N–H and O–H groups in total. The van der Waals surface area contributed by atoms with Crippen LogP contribution in [0.5, 0.6) is 5.75 Å². The predicted molar refractivity (Wildman–Crippen MR) is 111 cm³/mol. The minimum absolute atomic E-state index is 0.229. The van der Waals surface area contributed by atoms with Gasteiger partial charge in [0.1, 0.15) is 5.75 Å². The van der Waals surface area contributed by atoms with Gasteiger partial charge in [-0.2, -0.15) is 0 Å². The smallest absolute Gasteiger partial charge is 0.311 e. The summed E-state index contributed by atoms with van der Waals surface area (Å²) >= 11 is 0. The molecule has 0 saturated heterocycles. The zero-order valence-electron chi connectivity index (χ0n) is 15.1. The third-order valence-corrected chi connectivity index (χ3v) is 6.60. The lowest BCUT2D eigenvalue weighted by atomic mass is 10.2. The monoisotopic (exact) mass is 380 g/mol. The first kappa shape index (κ1) is 19.3. The van der Waals surface area contributed by atoms with Gasteiger partial charge in [0.05, 0.1) is 6.67 Å². The molecule has 3 aromatic rings. The van der Waals surface area contributed by atoms with E-state index in [4.69, 9.17) is 4.74 Å². The first-order valence-corrected chi connectivity index (χ1v) is 10.4. The Morgan fingerprint density at radius 1 is 0.778 bits per heavy atom. The molecule has 0 aliphatic rings. The van der Waals surface area contributed by atoms with Crippen LogP contribution < -0.4 is 20.7 Å². The van der Waals surface area contributed by atoms with Crippen molar-refractivity contribution in [1.29, 1.82) is 0 Å². The number of carbonyl (C=O) groups excluding carboxylic acids is 1. The van der Waals surface area contributed by atoms with E-state index in [0.717, 1.165) is 5.30 Å². The molecule has 0 fully saturated rings. The Balaban J connectivity index is 1.95. The summed E-state index contributed by atoms with van der Waals surface area (Å²) < 4.78 is 17.9. The van der Waals surface area contributed by atoms with Crippen LogP contribution in [0.2, 0.25) is 0 Å². The second-order valence-electron chi connectivity index (χ2n) is 6.09. The quantitative estimate of drug-likeness (QED) is 0.249. The molecule has 0 saturated carbocycles. The average Bonchev–Trinajstić information content (AvgIpc) is 2.71. The van der Waals surface area contributed by atoms with Gasteiger partial charge < -0.3 is 4.74 Å². The molecule has 0 spiro atoms. The van der Waals surface area contributed by atoms with Gasteiger partial charge in [-0.05, 0) is 37.4 Å². The van der Waals surface area contributed by atoms with Crippen LogP contribution >= 0.6 is 7.92 Å². The number of hydrogen-bond donors (Lipinski definition) is 0. The summed E-state index contributed by atoms with van der Waals surface area (Å²) in [6, 6.07) is 28.2. The van der Waals surface area contributed by atoms with Crippen LogP contribution in [-0.2, 0) is 4.79 Å². The summed E-state index contributed by atoms with van der Waals surface area (Å²) in [6.07, 6.45) is 1.12. The molecular formula is C23H22FO2P. The van der Waals surface area contributed by atoms with Crippen molar-refractivity contribution in [3.05, 3.63) is 84.9 Å². The molecule has 0 aromatic heterocycles. The molecule has 0 heterocycles. The van der Waals surface area contributed by atoms with Crippen LogP contribution in [0, 0.1) is 0 Å². The van der Waals surface area contributed by atoms with Crippen LogP contribution in [0.4, 0.5) is 4.39 Å². The number of halogens is 1. The highest BCUT2D eigenvalue weighted by molar-refractivity contribution is 7.80. The Labute approximate surface area is 160 Å². The number of rotatable bonds is 8. The van der Waals surface area contributed by atoms with Crippen LogP contribution in [0.15, 0.2) is 84.9 Å². The summed E-state index contributed by atoms with van der Waals surface area (Å²) in [5.74, 6) is 0.272. The molecule has 138 valence electrons. The molecule has 3 aromatic carbocycles. The standard InChI is InChI=1S/C23H22FO2P/c24-18-10-9-17-23(25)26-21-15-7-8-16-22(21)27(19-11-3-1-4-12-19)20-13-5-2-6-14-20/h1-8,11-16H,9-10,17-18H2.